The van der Waals surface area contributed by atoms with Gasteiger partial charge in [-0.3, -0.25) is 4.98 Å². The molecule has 0 aliphatic carbocycles. The molecule has 4 rings (SSSR count). The predicted octanol–water partition coefficient (Wildman–Crippen LogP) is 5.77. The first-order valence-electron chi connectivity index (χ1n) is 9.75. The second-order valence-corrected chi connectivity index (χ2v) is 9.26. The molecule has 0 saturated heterocycles. The van der Waals surface area contributed by atoms with Crippen LogP contribution in [0, 0.1) is 11.6 Å². The maximum atomic E-state index is 14.8. The molecule has 32 heavy (non-hydrogen) atoms. The van der Waals surface area contributed by atoms with Gasteiger partial charge in [0.25, 0.3) is 0 Å². The largest absolute Gasteiger partial charge is 0.494 e. The maximum Gasteiger partial charge on any atom is 0.178 e. The van der Waals surface area contributed by atoms with Crippen LogP contribution in [0.4, 0.5) is 8.78 Å². The van der Waals surface area contributed by atoms with Gasteiger partial charge in [0.2, 0.25) is 0 Å². The predicted molar refractivity (Wildman–Crippen MR) is 118 cm³/mol. The lowest BCUT2D eigenvalue weighted by Crippen LogP contribution is -2.04. The molecule has 4 aromatic rings. The molecule has 1 aromatic heterocycles. The molecule has 0 bridgehead atoms. The quantitative estimate of drug-likeness (QED) is 0.369. The van der Waals surface area contributed by atoms with Gasteiger partial charge in [-0.05, 0) is 48.0 Å². The van der Waals surface area contributed by atoms with Gasteiger partial charge < -0.3 is 9.47 Å². The van der Waals surface area contributed by atoms with Crippen molar-refractivity contribution >= 4 is 20.7 Å². The second kappa shape index (κ2) is 8.55. The van der Waals surface area contributed by atoms with Crippen molar-refractivity contribution in [3.8, 4) is 28.4 Å². The van der Waals surface area contributed by atoms with E-state index in [1.807, 2.05) is 6.07 Å². The summed E-state index contributed by atoms with van der Waals surface area (Å²) in [5, 5.41) is 0.685. The second-order valence-electron chi connectivity index (χ2n) is 6.98. The minimum Gasteiger partial charge on any atom is -0.494 e. The fraction of sp³-hybridized carbons (Fsp3) is 0.125. The highest BCUT2D eigenvalue weighted by Gasteiger charge is 2.16. The summed E-state index contributed by atoms with van der Waals surface area (Å²) in [6.07, 6.45) is 1.56. The first kappa shape index (κ1) is 21.7. The van der Waals surface area contributed by atoms with Crippen molar-refractivity contribution in [3.05, 3.63) is 78.5 Å². The topological polar surface area (TPSA) is 65.5 Å². The number of hydrogen-bond donors (Lipinski definition) is 0. The van der Waals surface area contributed by atoms with Crippen LogP contribution in [0.3, 0.4) is 0 Å². The number of pyridine rings is 1. The summed E-state index contributed by atoms with van der Waals surface area (Å²) in [6.45, 7) is 1.47. The van der Waals surface area contributed by atoms with Crippen molar-refractivity contribution < 1.29 is 26.7 Å². The minimum absolute atomic E-state index is 0.00385. The number of sulfone groups is 1. The van der Waals surface area contributed by atoms with E-state index in [2.05, 4.69) is 4.98 Å². The van der Waals surface area contributed by atoms with Gasteiger partial charge in [-0.1, -0.05) is 19.1 Å². The number of ether oxygens (including phenoxy) is 2. The zero-order chi connectivity index (χ0) is 22.9. The molecule has 0 N–H and O–H groups in total. The third-order valence-electron chi connectivity index (χ3n) is 5.00. The molecule has 0 saturated carbocycles. The molecule has 0 aliphatic heterocycles. The Morgan fingerprint density at radius 3 is 2.50 bits per heavy atom. The number of halogens is 2. The summed E-state index contributed by atoms with van der Waals surface area (Å²) < 4.78 is 64.1. The molecule has 5 nitrogen and oxygen atoms in total. The smallest absolute Gasteiger partial charge is 0.178 e. The molecular weight excluding hydrogens is 436 g/mol. The zero-order valence-corrected chi connectivity index (χ0v) is 18.1. The van der Waals surface area contributed by atoms with Crippen LogP contribution < -0.4 is 9.47 Å². The summed E-state index contributed by atoms with van der Waals surface area (Å²) in [5.41, 5.74) is 1.41. The zero-order valence-electron chi connectivity index (χ0n) is 17.3. The van der Waals surface area contributed by atoms with Gasteiger partial charge in [-0.2, -0.15) is 0 Å². The average molecular weight is 455 g/mol. The van der Waals surface area contributed by atoms with Gasteiger partial charge >= 0.3 is 0 Å². The Morgan fingerprint density at radius 1 is 0.938 bits per heavy atom. The van der Waals surface area contributed by atoms with Crippen molar-refractivity contribution in [1.29, 1.82) is 0 Å². The first-order chi connectivity index (χ1) is 15.3. The molecule has 0 aliphatic rings. The standard InChI is InChI=1S/C24H19F2NO4S/c1-3-32(28,29)18-12-15(25)11-17(13-18)31-16-7-8-22(26)21(14-16)19-9-10-27-24-20(19)5-4-6-23(24)30-2/h4-14H,3H2,1-2H3. The lowest BCUT2D eigenvalue weighted by Gasteiger charge is -2.13. The van der Waals surface area contributed by atoms with Gasteiger partial charge in [-0.15, -0.1) is 0 Å². The summed E-state index contributed by atoms with van der Waals surface area (Å²) in [5.74, 6) is -0.628. The Labute approximate surface area is 184 Å². The monoisotopic (exact) mass is 455 g/mol. The first-order valence-corrected chi connectivity index (χ1v) is 11.4. The molecule has 0 atom stereocenters. The van der Waals surface area contributed by atoms with Gasteiger partial charge in [0.15, 0.2) is 9.84 Å². The number of rotatable bonds is 6. The Hall–Kier alpha value is -3.52. The van der Waals surface area contributed by atoms with Crippen molar-refractivity contribution in [2.75, 3.05) is 12.9 Å². The lowest BCUT2D eigenvalue weighted by molar-refractivity contribution is 0.419. The fourth-order valence-corrected chi connectivity index (χ4v) is 4.32. The van der Waals surface area contributed by atoms with Gasteiger partial charge in [0.05, 0.1) is 17.8 Å². The van der Waals surface area contributed by atoms with Crippen molar-refractivity contribution in [2.24, 2.45) is 0 Å². The van der Waals surface area contributed by atoms with Crippen LogP contribution in [0.5, 0.6) is 17.2 Å². The highest BCUT2D eigenvalue weighted by atomic mass is 32.2. The third-order valence-corrected chi connectivity index (χ3v) is 6.72. The van der Waals surface area contributed by atoms with E-state index in [1.54, 1.807) is 24.4 Å². The molecule has 8 heteroatoms. The van der Waals surface area contributed by atoms with Crippen LogP contribution in [-0.4, -0.2) is 26.3 Å². The molecule has 0 spiro atoms. The summed E-state index contributed by atoms with van der Waals surface area (Å²) in [6, 6.07) is 14.4. The van der Waals surface area contributed by atoms with E-state index in [0.29, 0.717) is 22.2 Å². The van der Waals surface area contributed by atoms with Crippen LogP contribution in [0.25, 0.3) is 22.0 Å². The lowest BCUT2D eigenvalue weighted by atomic mass is 10.0. The van der Waals surface area contributed by atoms with E-state index >= 15 is 0 Å². The maximum absolute atomic E-state index is 14.8. The van der Waals surface area contributed by atoms with Crippen LogP contribution >= 0.6 is 0 Å². The van der Waals surface area contributed by atoms with Gasteiger partial charge in [0, 0.05) is 23.2 Å². The van der Waals surface area contributed by atoms with E-state index in [-0.39, 0.29) is 27.7 Å². The SMILES string of the molecule is CCS(=O)(=O)c1cc(F)cc(Oc2ccc(F)c(-c3ccnc4c(OC)cccc34)c2)c1. The van der Waals surface area contributed by atoms with E-state index in [1.165, 1.54) is 38.3 Å². The number of hydrogen-bond acceptors (Lipinski definition) is 5. The minimum atomic E-state index is -3.62. The fourth-order valence-electron chi connectivity index (χ4n) is 3.40. The van der Waals surface area contributed by atoms with Crippen molar-refractivity contribution in [1.82, 2.24) is 4.98 Å². The Morgan fingerprint density at radius 2 is 1.75 bits per heavy atom. The summed E-state index contributed by atoms with van der Waals surface area (Å²) in [7, 11) is -2.09. The number of fused-ring (bicyclic) bond motifs is 1. The molecule has 1 heterocycles. The van der Waals surface area contributed by atoms with Gasteiger partial charge in [-0.25, -0.2) is 17.2 Å². The van der Waals surface area contributed by atoms with Crippen LogP contribution in [0.15, 0.2) is 71.8 Å². The Bertz CT molecular complexity index is 1420. The van der Waals surface area contributed by atoms with Crippen LogP contribution in [-0.2, 0) is 9.84 Å². The van der Waals surface area contributed by atoms with Crippen molar-refractivity contribution in [3.63, 3.8) is 0 Å². The molecule has 0 fully saturated rings. The summed E-state index contributed by atoms with van der Waals surface area (Å²) >= 11 is 0. The number of para-hydroxylation sites is 1. The molecular formula is C24H19F2NO4S. The highest BCUT2D eigenvalue weighted by molar-refractivity contribution is 7.91. The molecule has 3 aromatic carbocycles. The number of aromatic nitrogens is 1. The number of benzene rings is 3. The molecule has 164 valence electrons. The molecule has 0 amide bonds. The van der Waals surface area contributed by atoms with E-state index in [0.717, 1.165) is 12.1 Å². The molecule has 0 radical (unpaired) electrons. The number of methoxy groups -OCH3 is 1. The van der Waals surface area contributed by atoms with Crippen molar-refractivity contribution in [2.45, 2.75) is 11.8 Å². The van der Waals surface area contributed by atoms with Crippen LogP contribution in [0.1, 0.15) is 6.92 Å². The Kier molecular flexibility index (Phi) is 5.80. The average Bonchev–Trinajstić information content (AvgIpc) is 2.79. The van der Waals surface area contributed by atoms with Crippen LogP contribution in [0.2, 0.25) is 0 Å². The van der Waals surface area contributed by atoms with E-state index < -0.39 is 21.5 Å². The third kappa shape index (κ3) is 4.13. The highest BCUT2D eigenvalue weighted by Crippen LogP contribution is 2.36. The van der Waals surface area contributed by atoms with E-state index in [9.17, 15) is 17.2 Å². The normalized spacial score (nSPS) is 11.5. The van der Waals surface area contributed by atoms with Gasteiger partial charge in [0.1, 0.15) is 34.4 Å². The van der Waals surface area contributed by atoms with E-state index in [4.69, 9.17) is 9.47 Å². The number of nitrogens with zero attached hydrogens (tertiary/aromatic N) is 1. The summed E-state index contributed by atoms with van der Waals surface area (Å²) in [4.78, 5) is 4.15. The Balaban J connectivity index is 1.78. The molecule has 0 unspecified atom stereocenters.